The second-order valence-electron chi connectivity index (χ2n) is 8.69. The van der Waals surface area contributed by atoms with E-state index in [0.717, 1.165) is 51.9 Å². The van der Waals surface area contributed by atoms with E-state index in [1.165, 1.54) is 5.57 Å². The number of fused-ring (bicyclic) bond motifs is 2. The average molecular weight is 429 g/mol. The molecule has 0 bridgehead atoms. The first-order valence-corrected chi connectivity index (χ1v) is 11.3. The maximum atomic E-state index is 13.7. The quantitative estimate of drug-likeness (QED) is 0.599. The van der Waals surface area contributed by atoms with Gasteiger partial charge >= 0.3 is 0 Å². The third kappa shape index (κ3) is 3.89. The first kappa shape index (κ1) is 20.7. The number of ether oxygens (including phenoxy) is 2. The van der Waals surface area contributed by atoms with Crippen molar-refractivity contribution in [2.45, 2.75) is 19.8 Å². The number of nitrogens with zero attached hydrogens (tertiary/aromatic N) is 2. The van der Waals surface area contributed by atoms with Gasteiger partial charge in [0.05, 0.1) is 37.1 Å². The van der Waals surface area contributed by atoms with Crippen molar-refractivity contribution in [3.05, 3.63) is 70.9 Å². The molecule has 2 aliphatic rings. The van der Waals surface area contributed by atoms with Crippen LogP contribution in [-0.2, 0) is 11.2 Å². The second-order valence-corrected chi connectivity index (χ2v) is 8.69. The summed E-state index contributed by atoms with van der Waals surface area (Å²) in [5.74, 6) is 1.37. The number of carbonyl (C=O) groups is 1. The highest BCUT2D eigenvalue weighted by atomic mass is 16.5. The number of amides is 1. The van der Waals surface area contributed by atoms with Gasteiger partial charge in [0.15, 0.2) is 0 Å². The molecule has 1 aliphatic heterocycles. The fourth-order valence-corrected chi connectivity index (χ4v) is 4.81. The summed E-state index contributed by atoms with van der Waals surface area (Å²) < 4.78 is 10.8. The number of morpholine rings is 1. The van der Waals surface area contributed by atoms with Gasteiger partial charge < -0.3 is 14.4 Å². The molecule has 0 unspecified atom stereocenters. The van der Waals surface area contributed by atoms with E-state index in [4.69, 9.17) is 14.5 Å². The lowest BCUT2D eigenvalue weighted by atomic mass is 9.80. The van der Waals surface area contributed by atoms with Crippen LogP contribution in [0, 0.1) is 5.92 Å². The van der Waals surface area contributed by atoms with Crippen LogP contribution in [0.3, 0.4) is 0 Å². The maximum Gasteiger partial charge on any atom is 0.255 e. The van der Waals surface area contributed by atoms with Crippen molar-refractivity contribution in [1.82, 2.24) is 9.88 Å². The molecular weight excluding hydrogens is 400 g/mol. The number of methoxy groups -OCH3 is 1. The number of aromatic nitrogens is 1. The van der Waals surface area contributed by atoms with E-state index in [9.17, 15) is 4.79 Å². The number of para-hydroxylation sites is 1. The summed E-state index contributed by atoms with van der Waals surface area (Å²) in [7, 11) is 1.68. The molecule has 0 spiro atoms. The van der Waals surface area contributed by atoms with Crippen molar-refractivity contribution >= 4 is 28.5 Å². The molecule has 2 aromatic carbocycles. The molecule has 5 nitrogen and oxygen atoms in total. The summed E-state index contributed by atoms with van der Waals surface area (Å²) in [5.41, 5.74) is 6.04. The largest absolute Gasteiger partial charge is 0.497 e. The van der Waals surface area contributed by atoms with Gasteiger partial charge in [-0.1, -0.05) is 37.3 Å². The first-order valence-electron chi connectivity index (χ1n) is 11.3. The molecule has 5 heteroatoms. The lowest BCUT2D eigenvalue weighted by Crippen LogP contribution is -2.41. The third-order valence-corrected chi connectivity index (χ3v) is 6.39. The molecule has 164 valence electrons. The van der Waals surface area contributed by atoms with Crippen molar-refractivity contribution in [2.75, 3.05) is 33.4 Å². The summed E-state index contributed by atoms with van der Waals surface area (Å²) in [5, 5.41) is 0.945. The molecule has 0 N–H and O–H groups in total. The summed E-state index contributed by atoms with van der Waals surface area (Å²) in [6.07, 6.45) is 4.01. The van der Waals surface area contributed by atoms with Crippen LogP contribution in [0.25, 0.3) is 22.6 Å². The van der Waals surface area contributed by atoms with Crippen molar-refractivity contribution in [1.29, 1.82) is 0 Å². The predicted octanol–water partition coefficient (Wildman–Crippen LogP) is 4.84. The number of pyridine rings is 1. The molecule has 32 heavy (non-hydrogen) atoms. The Morgan fingerprint density at radius 2 is 1.84 bits per heavy atom. The van der Waals surface area contributed by atoms with Crippen LogP contribution in [0.5, 0.6) is 5.75 Å². The normalized spacial score (nSPS) is 19.8. The van der Waals surface area contributed by atoms with Gasteiger partial charge in [0.1, 0.15) is 5.75 Å². The van der Waals surface area contributed by atoms with Gasteiger partial charge in [0.25, 0.3) is 5.91 Å². The van der Waals surface area contributed by atoms with Crippen LogP contribution in [0.2, 0.25) is 0 Å². The number of hydrogen-bond donors (Lipinski definition) is 0. The van der Waals surface area contributed by atoms with Crippen molar-refractivity contribution in [2.24, 2.45) is 5.92 Å². The van der Waals surface area contributed by atoms with Crippen molar-refractivity contribution < 1.29 is 14.3 Å². The van der Waals surface area contributed by atoms with Crippen molar-refractivity contribution in [3.63, 3.8) is 0 Å². The van der Waals surface area contributed by atoms with Crippen LogP contribution >= 0.6 is 0 Å². The van der Waals surface area contributed by atoms with Gasteiger partial charge in [-0.3, -0.25) is 4.79 Å². The zero-order valence-electron chi connectivity index (χ0n) is 18.6. The fraction of sp³-hybridized carbons (Fsp3) is 0.333. The van der Waals surface area contributed by atoms with Gasteiger partial charge in [0, 0.05) is 18.5 Å². The van der Waals surface area contributed by atoms with Gasteiger partial charge in [-0.2, -0.15) is 0 Å². The Morgan fingerprint density at radius 3 is 2.59 bits per heavy atom. The molecule has 1 amide bonds. The molecule has 0 radical (unpaired) electrons. The van der Waals surface area contributed by atoms with Crippen LogP contribution in [0.1, 0.15) is 40.5 Å². The Hall–Kier alpha value is -3.18. The average Bonchev–Trinajstić information content (AvgIpc) is 2.83. The molecule has 1 saturated heterocycles. The summed E-state index contributed by atoms with van der Waals surface area (Å²) in [6, 6.07) is 16.1. The standard InChI is InChI=1S/C27H28N2O3/c1-18-15-20(17-19-7-9-21(31-2)10-8-19)26-23(16-18)25(22-5-3-4-6-24(22)28-26)27(30)29-11-13-32-14-12-29/h3-10,17-18H,11-16H2,1-2H3/b20-17-/t18-/m0/s1. The lowest BCUT2D eigenvalue weighted by Gasteiger charge is -2.31. The number of rotatable bonds is 3. The third-order valence-electron chi connectivity index (χ3n) is 6.39. The monoisotopic (exact) mass is 428 g/mol. The Morgan fingerprint density at radius 1 is 1.09 bits per heavy atom. The summed E-state index contributed by atoms with van der Waals surface area (Å²) in [6.45, 7) is 4.71. The van der Waals surface area contributed by atoms with E-state index < -0.39 is 0 Å². The second kappa shape index (κ2) is 8.75. The molecule has 1 atom stereocenters. The number of carbonyl (C=O) groups excluding carboxylic acids is 1. The molecule has 5 rings (SSSR count). The van der Waals surface area contributed by atoms with Gasteiger partial charge in [-0.15, -0.1) is 0 Å². The van der Waals surface area contributed by atoms with Crippen LogP contribution in [0.4, 0.5) is 0 Å². The van der Waals surface area contributed by atoms with Crippen LogP contribution < -0.4 is 4.74 Å². The molecule has 1 fully saturated rings. The number of hydrogen-bond acceptors (Lipinski definition) is 4. The van der Waals surface area contributed by atoms with E-state index in [1.807, 2.05) is 41.3 Å². The summed E-state index contributed by atoms with van der Waals surface area (Å²) in [4.78, 5) is 20.7. The molecule has 1 aliphatic carbocycles. The highest BCUT2D eigenvalue weighted by Crippen LogP contribution is 2.39. The topological polar surface area (TPSA) is 51.7 Å². The fourth-order valence-electron chi connectivity index (χ4n) is 4.81. The Labute approximate surface area is 188 Å². The minimum atomic E-state index is 0.0982. The SMILES string of the molecule is COc1ccc(/C=C2/C[C@H](C)Cc3c2nc2ccccc2c3C(=O)N2CCOCC2)cc1. The maximum absolute atomic E-state index is 13.7. The molecule has 0 saturated carbocycles. The van der Waals surface area contributed by atoms with Crippen LogP contribution in [0.15, 0.2) is 48.5 Å². The van der Waals surface area contributed by atoms with E-state index in [-0.39, 0.29) is 5.91 Å². The first-order chi connectivity index (χ1) is 15.6. The van der Waals surface area contributed by atoms with E-state index in [2.05, 4.69) is 25.1 Å². The van der Waals surface area contributed by atoms with Crippen molar-refractivity contribution in [3.8, 4) is 5.75 Å². The van der Waals surface area contributed by atoms with Gasteiger partial charge in [-0.25, -0.2) is 4.98 Å². The number of allylic oxidation sites excluding steroid dienone is 1. The van der Waals surface area contributed by atoms with E-state index in [0.29, 0.717) is 32.2 Å². The minimum Gasteiger partial charge on any atom is -0.497 e. The lowest BCUT2D eigenvalue weighted by molar-refractivity contribution is 0.0303. The van der Waals surface area contributed by atoms with Gasteiger partial charge in [-0.05, 0) is 59.7 Å². The highest BCUT2D eigenvalue weighted by molar-refractivity contribution is 6.09. The molecule has 1 aromatic heterocycles. The Kier molecular flexibility index (Phi) is 5.66. The zero-order valence-corrected chi connectivity index (χ0v) is 18.6. The smallest absolute Gasteiger partial charge is 0.255 e. The summed E-state index contributed by atoms with van der Waals surface area (Å²) >= 11 is 0. The molecule has 3 aromatic rings. The Bertz CT molecular complexity index is 1180. The number of benzene rings is 2. The zero-order chi connectivity index (χ0) is 22.1. The van der Waals surface area contributed by atoms with E-state index >= 15 is 0 Å². The van der Waals surface area contributed by atoms with E-state index in [1.54, 1.807) is 7.11 Å². The molecular formula is C27H28N2O3. The Balaban J connectivity index is 1.67. The predicted molar refractivity (Wildman–Crippen MR) is 127 cm³/mol. The van der Waals surface area contributed by atoms with Gasteiger partial charge in [0.2, 0.25) is 0 Å². The molecule has 2 heterocycles. The minimum absolute atomic E-state index is 0.0982. The van der Waals surface area contributed by atoms with Crippen LogP contribution in [-0.4, -0.2) is 49.2 Å². The highest BCUT2D eigenvalue weighted by Gasteiger charge is 2.30.